The summed E-state index contributed by atoms with van der Waals surface area (Å²) in [5, 5.41) is 0. The molecule has 0 spiro atoms. The van der Waals surface area contributed by atoms with Crippen LogP contribution in [0.15, 0.2) is 12.2 Å². The maximum absolute atomic E-state index is 11.6. The molecule has 0 N–H and O–H groups in total. The van der Waals surface area contributed by atoms with Crippen LogP contribution in [0.3, 0.4) is 0 Å². The number of carbonyl (C=O) groups is 3. The van der Waals surface area contributed by atoms with Gasteiger partial charge >= 0.3 is 5.97 Å². The Kier molecular flexibility index (Phi) is 2.53. The minimum absolute atomic E-state index is 0.0382. The molecule has 1 saturated heterocycles. The van der Waals surface area contributed by atoms with Crippen LogP contribution in [0.4, 0.5) is 0 Å². The van der Waals surface area contributed by atoms with Crippen LogP contribution in [0.2, 0.25) is 0 Å². The van der Waals surface area contributed by atoms with Gasteiger partial charge in [0, 0.05) is 5.57 Å². The van der Waals surface area contributed by atoms with E-state index in [1.165, 1.54) is 0 Å². The Hall–Kier alpha value is -1.65. The van der Waals surface area contributed by atoms with Gasteiger partial charge in [0.2, 0.25) is 11.8 Å². The number of likely N-dealkylation sites (tertiary alicyclic amines) is 1. The lowest BCUT2D eigenvalue weighted by Gasteiger charge is -2.16. The highest BCUT2D eigenvalue weighted by atomic mass is 16.5. The van der Waals surface area contributed by atoms with Crippen LogP contribution >= 0.6 is 0 Å². The zero-order valence-corrected chi connectivity index (χ0v) is 9.06. The van der Waals surface area contributed by atoms with Crippen molar-refractivity contribution in [2.24, 2.45) is 11.8 Å². The van der Waals surface area contributed by atoms with E-state index in [1.54, 1.807) is 6.92 Å². The van der Waals surface area contributed by atoms with Crippen LogP contribution in [-0.2, 0) is 19.1 Å². The van der Waals surface area contributed by atoms with Crippen molar-refractivity contribution < 1.29 is 19.1 Å². The number of nitrogens with zero attached hydrogens (tertiary/aromatic N) is 1. The molecule has 1 heterocycles. The fourth-order valence-electron chi connectivity index (χ4n) is 1.89. The van der Waals surface area contributed by atoms with Gasteiger partial charge in [0.15, 0.2) is 0 Å². The molecular formula is C11H13NO4. The number of esters is 1. The molecule has 2 fully saturated rings. The van der Waals surface area contributed by atoms with Gasteiger partial charge in [-0.25, -0.2) is 4.79 Å². The Bertz CT molecular complexity index is 367. The van der Waals surface area contributed by atoms with Crippen molar-refractivity contribution in [3.05, 3.63) is 12.2 Å². The molecule has 0 bridgehead atoms. The fraction of sp³-hybridized carbons (Fsp3) is 0.545. The summed E-state index contributed by atoms with van der Waals surface area (Å²) in [6, 6.07) is 0. The molecule has 5 nitrogen and oxygen atoms in total. The molecule has 0 aromatic carbocycles. The van der Waals surface area contributed by atoms with Gasteiger partial charge in [-0.3, -0.25) is 14.5 Å². The third kappa shape index (κ3) is 1.62. The first-order valence-electron chi connectivity index (χ1n) is 5.26. The second kappa shape index (κ2) is 3.73. The SMILES string of the molecule is C=C(CN1C(=O)C2CC2C1=O)C(=O)OCC. The van der Waals surface area contributed by atoms with Crippen molar-refractivity contribution in [3.8, 4) is 0 Å². The molecule has 16 heavy (non-hydrogen) atoms. The van der Waals surface area contributed by atoms with Gasteiger partial charge in [-0.15, -0.1) is 0 Å². The average molecular weight is 223 g/mol. The Balaban J connectivity index is 1.95. The first-order chi connectivity index (χ1) is 7.56. The molecule has 2 rings (SSSR count). The predicted molar refractivity (Wildman–Crippen MR) is 54.1 cm³/mol. The lowest BCUT2D eigenvalue weighted by Crippen LogP contribution is -2.36. The molecule has 2 amide bonds. The highest BCUT2D eigenvalue weighted by molar-refractivity contribution is 6.09. The predicted octanol–water partition coefficient (Wildman–Crippen LogP) is 0.111. The van der Waals surface area contributed by atoms with Crippen LogP contribution in [0.25, 0.3) is 0 Å². The molecule has 2 atom stereocenters. The average Bonchev–Trinajstić information content (AvgIpc) is 2.99. The summed E-state index contributed by atoms with van der Waals surface area (Å²) in [4.78, 5) is 35.5. The van der Waals surface area contributed by atoms with E-state index in [9.17, 15) is 14.4 Å². The van der Waals surface area contributed by atoms with E-state index >= 15 is 0 Å². The van der Waals surface area contributed by atoms with Crippen molar-refractivity contribution in [1.82, 2.24) is 4.90 Å². The molecule has 1 aliphatic heterocycles. The summed E-state index contributed by atoms with van der Waals surface area (Å²) in [7, 11) is 0. The molecule has 5 heteroatoms. The number of amides is 2. The summed E-state index contributed by atoms with van der Waals surface area (Å²) < 4.78 is 4.73. The quantitative estimate of drug-likeness (QED) is 0.385. The number of ether oxygens (including phenoxy) is 1. The zero-order chi connectivity index (χ0) is 11.9. The largest absolute Gasteiger partial charge is 0.463 e. The number of imide groups is 1. The van der Waals surface area contributed by atoms with E-state index in [4.69, 9.17) is 4.74 Å². The van der Waals surface area contributed by atoms with Gasteiger partial charge in [0.05, 0.1) is 25.0 Å². The number of hydrogen-bond donors (Lipinski definition) is 0. The summed E-state index contributed by atoms with van der Waals surface area (Å²) in [5.74, 6) is -1.19. The Morgan fingerprint density at radius 2 is 2.00 bits per heavy atom. The molecule has 2 aliphatic rings. The van der Waals surface area contributed by atoms with E-state index in [2.05, 4.69) is 6.58 Å². The summed E-state index contributed by atoms with van der Waals surface area (Å²) in [5.41, 5.74) is 0.143. The topological polar surface area (TPSA) is 63.7 Å². The Morgan fingerprint density at radius 3 is 2.50 bits per heavy atom. The molecule has 1 aliphatic carbocycles. The van der Waals surface area contributed by atoms with Gasteiger partial charge < -0.3 is 4.74 Å². The first-order valence-corrected chi connectivity index (χ1v) is 5.26. The highest BCUT2D eigenvalue weighted by Crippen LogP contribution is 2.47. The molecular weight excluding hydrogens is 210 g/mol. The van der Waals surface area contributed by atoms with Crippen LogP contribution < -0.4 is 0 Å². The number of fused-ring (bicyclic) bond motifs is 1. The Labute approximate surface area is 93.0 Å². The minimum Gasteiger partial charge on any atom is -0.463 e. The van der Waals surface area contributed by atoms with Crippen molar-refractivity contribution >= 4 is 17.8 Å². The van der Waals surface area contributed by atoms with Crippen LogP contribution in [0.5, 0.6) is 0 Å². The van der Waals surface area contributed by atoms with Crippen LogP contribution in [0.1, 0.15) is 13.3 Å². The summed E-state index contributed by atoms with van der Waals surface area (Å²) in [6.07, 6.45) is 0.667. The summed E-state index contributed by atoms with van der Waals surface area (Å²) in [6.45, 7) is 5.43. The maximum atomic E-state index is 11.6. The molecule has 0 radical (unpaired) electrons. The fourth-order valence-corrected chi connectivity index (χ4v) is 1.89. The molecule has 0 aromatic heterocycles. The van der Waals surface area contributed by atoms with Crippen molar-refractivity contribution in [1.29, 1.82) is 0 Å². The second-order valence-electron chi connectivity index (χ2n) is 4.04. The minimum atomic E-state index is -0.552. The molecule has 0 aromatic rings. The van der Waals surface area contributed by atoms with E-state index < -0.39 is 5.97 Å². The monoisotopic (exact) mass is 223 g/mol. The third-order valence-electron chi connectivity index (χ3n) is 2.87. The van der Waals surface area contributed by atoms with Crippen LogP contribution in [0, 0.1) is 11.8 Å². The second-order valence-corrected chi connectivity index (χ2v) is 4.04. The number of carbonyl (C=O) groups excluding carboxylic acids is 3. The molecule has 86 valence electrons. The van der Waals surface area contributed by atoms with Gasteiger partial charge in [-0.2, -0.15) is 0 Å². The van der Waals surface area contributed by atoms with Crippen molar-refractivity contribution in [2.45, 2.75) is 13.3 Å². The summed E-state index contributed by atoms with van der Waals surface area (Å²) >= 11 is 0. The third-order valence-corrected chi connectivity index (χ3v) is 2.87. The number of rotatable bonds is 4. The normalized spacial score (nSPS) is 26.7. The van der Waals surface area contributed by atoms with Crippen molar-refractivity contribution in [2.75, 3.05) is 13.2 Å². The van der Waals surface area contributed by atoms with Gasteiger partial charge in [-0.1, -0.05) is 6.58 Å². The smallest absolute Gasteiger partial charge is 0.335 e. The van der Waals surface area contributed by atoms with E-state index in [-0.39, 0.29) is 42.4 Å². The lowest BCUT2D eigenvalue weighted by atomic mass is 10.2. The molecule has 2 unspecified atom stereocenters. The molecule has 1 saturated carbocycles. The first kappa shape index (κ1) is 10.9. The van der Waals surface area contributed by atoms with E-state index in [0.717, 1.165) is 4.90 Å². The zero-order valence-electron chi connectivity index (χ0n) is 9.06. The maximum Gasteiger partial charge on any atom is 0.335 e. The number of piperidine rings is 1. The standard InChI is InChI=1S/C11H13NO4/c1-3-16-11(15)6(2)5-12-9(13)7-4-8(7)10(12)14/h7-8H,2-5H2,1H3. The Morgan fingerprint density at radius 1 is 1.44 bits per heavy atom. The van der Waals surface area contributed by atoms with E-state index in [1.807, 2.05) is 0 Å². The highest BCUT2D eigenvalue weighted by Gasteiger charge is 2.58. The lowest BCUT2D eigenvalue weighted by molar-refractivity contribution is -0.142. The van der Waals surface area contributed by atoms with Gasteiger partial charge in [0.25, 0.3) is 0 Å². The van der Waals surface area contributed by atoms with Crippen LogP contribution in [-0.4, -0.2) is 35.8 Å². The number of hydrogen-bond acceptors (Lipinski definition) is 4. The van der Waals surface area contributed by atoms with Gasteiger partial charge in [-0.05, 0) is 13.3 Å². The van der Waals surface area contributed by atoms with Gasteiger partial charge in [0.1, 0.15) is 0 Å². The van der Waals surface area contributed by atoms with E-state index in [0.29, 0.717) is 6.42 Å². The van der Waals surface area contributed by atoms with Crippen molar-refractivity contribution in [3.63, 3.8) is 0 Å².